The minimum Gasteiger partial charge on any atom is -0.385 e. The van der Waals surface area contributed by atoms with Crippen molar-refractivity contribution in [3.63, 3.8) is 0 Å². The number of hydrogen-bond acceptors (Lipinski definition) is 4. The lowest BCUT2D eigenvalue weighted by atomic mass is 10.1. The van der Waals surface area contributed by atoms with Crippen LogP contribution in [0.2, 0.25) is 0 Å². The fraction of sp³-hybridized carbons (Fsp3) is 0.900. The lowest BCUT2D eigenvalue weighted by molar-refractivity contribution is -0.118. The highest BCUT2D eigenvalue weighted by Gasteiger charge is 2.17. The van der Waals surface area contributed by atoms with Crippen LogP contribution in [0.15, 0.2) is 0 Å². The number of carbonyl (C=O) groups excluding carboxylic acids is 1. The molecule has 0 bridgehead atoms. The molecule has 1 amide bonds. The van der Waals surface area contributed by atoms with Gasteiger partial charge >= 0.3 is 0 Å². The van der Waals surface area contributed by atoms with E-state index < -0.39 is 16.3 Å². The molecule has 0 aromatic heterocycles. The lowest BCUT2D eigenvalue weighted by Gasteiger charge is -2.17. The van der Waals surface area contributed by atoms with Crippen molar-refractivity contribution >= 4 is 16.7 Å². The van der Waals surface area contributed by atoms with Gasteiger partial charge in [0.1, 0.15) is 5.75 Å². The van der Waals surface area contributed by atoms with Gasteiger partial charge in [-0.1, -0.05) is 0 Å². The Morgan fingerprint density at radius 1 is 1.50 bits per heavy atom. The minimum absolute atomic E-state index is 0.0214. The fourth-order valence-electron chi connectivity index (χ4n) is 1.11. The van der Waals surface area contributed by atoms with E-state index in [4.69, 9.17) is 10.5 Å². The maximum atomic E-state index is 11.5. The van der Waals surface area contributed by atoms with Gasteiger partial charge in [0.05, 0.1) is 0 Å². The fourth-order valence-corrected chi connectivity index (χ4v) is 2.43. The van der Waals surface area contributed by atoms with Crippen LogP contribution in [0.25, 0.3) is 0 Å². The number of rotatable bonds is 8. The largest absolute Gasteiger partial charge is 0.385 e. The summed E-state index contributed by atoms with van der Waals surface area (Å²) in [5, 5.41) is 2.68. The summed E-state index contributed by atoms with van der Waals surface area (Å²) in [6.45, 7) is 4.75. The number of hydrogen-bond donors (Lipinski definition) is 2. The van der Waals surface area contributed by atoms with Gasteiger partial charge in [-0.2, -0.15) is 0 Å². The molecule has 0 saturated carbocycles. The zero-order valence-electron chi connectivity index (χ0n) is 10.2. The van der Waals surface area contributed by atoms with Crippen molar-refractivity contribution in [1.82, 2.24) is 5.32 Å². The molecule has 0 saturated heterocycles. The van der Waals surface area contributed by atoms with Crippen molar-refractivity contribution in [1.29, 1.82) is 0 Å². The first-order valence-electron chi connectivity index (χ1n) is 5.24. The monoisotopic (exact) mass is 250 g/mol. The Bertz CT molecular complexity index is 239. The zero-order chi connectivity index (χ0) is 12.6. The van der Waals surface area contributed by atoms with Gasteiger partial charge in [0.15, 0.2) is 0 Å². The molecule has 6 heteroatoms. The molecule has 0 radical (unpaired) electrons. The third kappa shape index (κ3) is 10.1. The lowest BCUT2D eigenvalue weighted by Crippen LogP contribution is -2.40. The standard InChI is InChI=1S/C10H22N2O3S/c1-10(2,11)8-16(14)7-9(13)12-5-4-6-15-3/h4-8,11H2,1-3H3,(H,12,13). The zero-order valence-corrected chi connectivity index (χ0v) is 11.1. The highest BCUT2D eigenvalue weighted by molar-refractivity contribution is 7.85. The van der Waals surface area contributed by atoms with Crippen LogP contribution in [-0.2, 0) is 20.3 Å². The molecule has 0 aromatic rings. The van der Waals surface area contributed by atoms with Crippen molar-refractivity contribution in [2.24, 2.45) is 5.73 Å². The van der Waals surface area contributed by atoms with E-state index in [1.807, 2.05) is 0 Å². The first-order valence-corrected chi connectivity index (χ1v) is 6.73. The van der Waals surface area contributed by atoms with Gasteiger partial charge in [-0.15, -0.1) is 0 Å². The summed E-state index contributed by atoms with van der Waals surface area (Å²) < 4.78 is 16.3. The number of ether oxygens (including phenoxy) is 1. The van der Waals surface area contributed by atoms with Gasteiger partial charge in [-0.05, 0) is 20.3 Å². The number of nitrogens with two attached hydrogens (primary N) is 1. The molecule has 0 heterocycles. The van der Waals surface area contributed by atoms with Crippen LogP contribution >= 0.6 is 0 Å². The molecule has 16 heavy (non-hydrogen) atoms. The Morgan fingerprint density at radius 3 is 2.62 bits per heavy atom. The summed E-state index contributed by atoms with van der Waals surface area (Å²) in [5.41, 5.74) is 5.21. The van der Waals surface area contributed by atoms with Gasteiger partial charge in [0.2, 0.25) is 5.91 Å². The van der Waals surface area contributed by atoms with E-state index in [1.54, 1.807) is 21.0 Å². The van der Waals surface area contributed by atoms with E-state index in [0.29, 0.717) is 18.9 Å². The predicted octanol–water partition coefficient (Wildman–Crippen LogP) is -0.375. The SMILES string of the molecule is COCCCNC(=O)CS(=O)CC(C)(C)N. The second kappa shape index (κ2) is 7.76. The summed E-state index contributed by atoms with van der Waals surface area (Å²) >= 11 is 0. The molecule has 0 aliphatic carbocycles. The molecule has 0 aromatic carbocycles. The quantitative estimate of drug-likeness (QED) is 0.576. The number of carbonyl (C=O) groups is 1. The van der Waals surface area contributed by atoms with Gasteiger partial charge in [0, 0.05) is 42.4 Å². The molecule has 0 aliphatic rings. The summed E-state index contributed by atoms with van der Waals surface area (Å²) in [6.07, 6.45) is 0.761. The van der Waals surface area contributed by atoms with E-state index >= 15 is 0 Å². The highest BCUT2D eigenvalue weighted by Crippen LogP contribution is 1.99. The molecule has 1 atom stereocenters. The Morgan fingerprint density at radius 2 is 2.12 bits per heavy atom. The van der Waals surface area contributed by atoms with Crippen LogP contribution in [0.4, 0.5) is 0 Å². The molecule has 3 N–H and O–H groups in total. The van der Waals surface area contributed by atoms with Crippen molar-refractivity contribution in [3.8, 4) is 0 Å². The van der Waals surface area contributed by atoms with Gasteiger partial charge in [-0.3, -0.25) is 9.00 Å². The molecular formula is C10H22N2O3S. The Balaban J connectivity index is 3.67. The average Bonchev–Trinajstić information content (AvgIpc) is 2.09. The molecule has 0 fully saturated rings. The molecule has 0 rings (SSSR count). The van der Waals surface area contributed by atoms with Crippen molar-refractivity contribution < 1.29 is 13.7 Å². The summed E-state index contributed by atoms with van der Waals surface area (Å²) in [7, 11) is 0.416. The van der Waals surface area contributed by atoms with Crippen LogP contribution in [0.1, 0.15) is 20.3 Å². The molecule has 96 valence electrons. The number of amides is 1. The maximum absolute atomic E-state index is 11.5. The smallest absolute Gasteiger partial charge is 0.232 e. The average molecular weight is 250 g/mol. The predicted molar refractivity (Wildman–Crippen MR) is 65.6 cm³/mol. The number of nitrogens with one attached hydrogen (secondary N) is 1. The van der Waals surface area contributed by atoms with Crippen molar-refractivity contribution in [2.75, 3.05) is 31.8 Å². The van der Waals surface area contributed by atoms with Crippen LogP contribution in [-0.4, -0.2) is 47.4 Å². The summed E-state index contributed by atoms with van der Waals surface area (Å²) in [5.74, 6) is 0.158. The topological polar surface area (TPSA) is 81.4 Å². The minimum atomic E-state index is -1.20. The van der Waals surface area contributed by atoms with Crippen LogP contribution in [0.3, 0.4) is 0 Å². The molecule has 5 nitrogen and oxygen atoms in total. The third-order valence-electron chi connectivity index (χ3n) is 1.67. The number of methoxy groups -OCH3 is 1. The molecule has 1 unspecified atom stereocenters. The Kier molecular flexibility index (Phi) is 7.53. The molecule has 0 aliphatic heterocycles. The molecule has 0 spiro atoms. The Labute approximate surface area is 99.6 Å². The third-order valence-corrected chi connectivity index (χ3v) is 3.32. The second-order valence-electron chi connectivity index (χ2n) is 4.41. The Hall–Kier alpha value is -0.460. The van der Waals surface area contributed by atoms with Gasteiger partial charge in [0.25, 0.3) is 0 Å². The molecular weight excluding hydrogens is 228 g/mol. The maximum Gasteiger partial charge on any atom is 0.232 e. The summed E-state index contributed by atoms with van der Waals surface area (Å²) in [4.78, 5) is 11.3. The van der Waals surface area contributed by atoms with Crippen molar-refractivity contribution in [2.45, 2.75) is 25.8 Å². The van der Waals surface area contributed by atoms with E-state index in [0.717, 1.165) is 6.42 Å². The van der Waals surface area contributed by atoms with Crippen LogP contribution in [0.5, 0.6) is 0 Å². The highest BCUT2D eigenvalue weighted by atomic mass is 32.2. The first kappa shape index (κ1) is 15.5. The van der Waals surface area contributed by atoms with E-state index in [-0.39, 0.29) is 11.7 Å². The van der Waals surface area contributed by atoms with E-state index in [9.17, 15) is 9.00 Å². The first-order chi connectivity index (χ1) is 7.35. The van der Waals surface area contributed by atoms with Gasteiger partial charge < -0.3 is 15.8 Å². The normalized spacial score (nSPS) is 13.5. The van der Waals surface area contributed by atoms with Crippen molar-refractivity contribution in [3.05, 3.63) is 0 Å². The van der Waals surface area contributed by atoms with Crippen LogP contribution < -0.4 is 11.1 Å². The second-order valence-corrected chi connectivity index (χ2v) is 5.87. The van der Waals surface area contributed by atoms with E-state index in [1.165, 1.54) is 0 Å². The summed E-state index contributed by atoms with van der Waals surface area (Å²) in [6, 6.07) is 0. The van der Waals surface area contributed by atoms with Gasteiger partial charge in [-0.25, -0.2) is 0 Å². The van der Waals surface area contributed by atoms with E-state index in [2.05, 4.69) is 5.32 Å². The van der Waals surface area contributed by atoms with Crippen LogP contribution in [0, 0.1) is 0 Å².